The maximum Gasteiger partial charge on any atom is 0.251 e. The Morgan fingerprint density at radius 2 is 1.45 bits per heavy atom. The zero-order valence-electron chi connectivity index (χ0n) is 17.7. The summed E-state index contributed by atoms with van der Waals surface area (Å²) in [6.45, 7) is 5.79. The van der Waals surface area contributed by atoms with Crippen LogP contribution in [0, 0.1) is 0 Å². The lowest BCUT2D eigenvalue weighted by atomic mass is 10.1. The van der Waals surface area contributed by atoms with Crippen molar-refractivity contribution in [2.75, 3.05) is 43.4 Å². The van der Waals surface area contributed by atoms with Crippen LogP contribution in [0.25, 0.3) is 0 Å². The molecule has 5 heteroatoms. The van der Waals surface area contributed by atoms with Gasteiger partial charge in [-0.3, -0.25) is 9.69 Å². The third-order valence-corrected chi connectivity index (χ3v) is 6.53. The summed E-state index contributed by atoms with van der Waals surface area (Å²) in [5, 5.41) is 3.01. The molecule has 0 bridgehead atoms. The van der Waals surface area contributed by atoms with Gasteiger partial charge < -0.3 is 10.2 Å². The molecule has 4 rings (SSSR count). The number of piperazine rings is 1. The summed E-state index contributed by atoms with van der Waals surface area (Å²) in [6.07, 6.45) is 0. The van der Waals surface area contributed by atoms with Crippen molar-refractivity contribution in [1.82, 2.24) is 10.2 Å². The second-order valence-corrected chi connectivity index (χ2v) is 8.88. The van der Waals surface area contributed by atoms with Crippen LogP contribution in [0.3, 0.4) is 0 Å². The van der Waals surface area contributed by atoms with Crippen molar-refractivity contribution in [2.45, 2.75) is 11.4 Å². The maximum atomic E-state index is 12.4. The molecular weight excluding hydrogens is 402 g/mol. The first kappa shape index (κ1) is 21.5. The van der Waals surface area contributed by atoms with Gasteiger partial charge in [0.1, 0.15) is 0 Å². The number of rotatable bonds is 8. The van der Waals surface area contributed by atoms with E-state index in [2.05, 4.69) is 69.7 Å². The van der Waals surface area contributed by atoms with E-state index in [-0.39, 0.29) is 5.91 Å². The predicted octanol–water partition coefficient (Wildman–Crippen LogP) is 4.53. The number of carbonyl (C=O) groups is 1. The number of hydrogen-bond acceptors (Lipinski definition) is 4. The number of amides is 1. The minimum Gasteiger partial charge on any atom is -0.369 e. The highest BCUT2D eigenvalue weighted by atomic mass is 32.2. The fourth-order valence-electron chi connectivity index (χ4n) is 3.77. The Kier molecular flexibility index (Phi) is 7.64. The molecule has 160 valence electrons. The Hall–Kier alpha value is -2.76. The minimum absolute atomic E-state index is 0.00307. The van der Waals surface area contributed by atoms with Gasteiger partial charge in [-0.2, -0.15) is 0 Å². The molecule has 1 N–H and O–H groups in total. The number of nitrogens with one attached hydrogen (secondary N) is 1. The predicted molar refractivity (Wildman–Crippen MR) is 130 cm³/mol. The zero-order valence-corrected chi connectivity index (χ0v) is 18.6. The molecule has 0 aromatic heterocycles. The Labute approximate surface area is 189 Å². The molecule has 0 aliphatic carbocycles. The number of thioether (sulfide) groups is 1. The number of anilines is 1. The summed E-state index contributed by atoms with van der Waals surface area (Å²) in [5.41, 5.74) is 3.28. The Balaban J connectivity index is 1.19. The SMILES string of the molecule is O=C(NCCSc1ccccc1)c1ccc(CN2CCN(c3ccccc3)CC2)cc1. The van der Waals surface area contributed by atoms with Gasteiger partial charge in [0.15, 0.2) is 0 Å². The van der Waals surface area contributed by atoms with Gasteiger partial charge >= 0.3 is 0 Å². The van der Waals surface area contributed by atoms with Gasteiger partial charge in [-0.05, 0) is 42.0 Å². The molecule has 4 nitrogen and oxygen atoms in total. The second-order valence-electron chi connectivity index (χ2n) is 7.71. The van der Waals surface area contributed by atoms with Gasteiger partial charge in [-0.1, -0.05) is 48.5 Å². The molecule has 1 amide bonds. The molecule has 0 unspecified atom stereocenters. The highest BCUT2D eigenvalue weighted by molar-refractivity contribution is 7.99. The van der Waals surface area contributed by atoms with Gasteiger partial charge in [0.25, 0.3) is 5.91 Å². The standard InChI is InChI=1S/C26H29N3OS/c30-26(27-15-20-31-25-9-5-2-6-10-25)23-13-11-22(12-14-23)21-28-16-18-29(19-17-28)24-7-3-1-4-8-24/h1-14H,15-21H2,(H,27,30). The van der Waals surface area contributed by atoms with Crippen LogP contribution in [0.1, 0.15) is 15.9 Å². The third kappa shape index (κ3) is 6.36. The molecule has 0 radical (unpaired) electrons. The molecule has 1 saturated heterocycles. The summed E-state index contributed by atoms with van der Waals surface area (Å²) < 4.78 is 0. The van der Waals surface area contributed by atoms with E-state index in [1.165, 1.54) is 16.1 Å². The maximum absolute atomic E-state index is 12.4. The van der Waals surface area contributed by atoms with Crippen LogP contribution in [0.4, 0.5) is 5.69 Å². The Morgan fingerprint density at radius 3 is 2.13 bits per heavy atom. The van der Waals surface area contributed by atoms with Crippen molar-refractivity contribution < 1.29 is 4.79 Å². The molecule has 1 aliphatic rings. The summed E-state index contributed by atoms with van der Waals surface area (Å²) in [5.74, 6) is 0.861. The molecule has 0 atom stereocenters. The van der Waals surface area contributed by atoms with Crippen molar-refractivity contribution in [3.63, 3.8) is 0 Å². The first-order valence-electron chi connectivity index (χ1n) is 10.9. The number of para-hydroxylation sites is 1. The average Bonchev–Trinajstić information content (AvgIpc) is 2.84. The third-order valence-electron chi connectivity index (χ3n) is 5.52. The number of benzene rings is 3. The van der Waals surface area contributed by atoms with E-state index < -0.39 is 0 Å². The number of hydrogen-bond donors (Lipinski definition) is 1. The fraction of sp³-hybridized carbons (Fsp3) is 0.269. The minimum atomic E-state index is -0.00307. The second kappa shape index (κ2) is 11.0. The normalized spacial score (nSPS) is 14.4. The van der Waals surface area contributed by atoms with E-state index in [1.807, 2.05) is 30.3 Å². The lowest BCUT2D eigenvalue weighted by Gasteiger charge is -2.36. The molecule has 1 aliphatic heterocycles. The quantitative estimate of drug-likeness (QED) is 0.420. The first-order chi connectivity index (χ1) is 15.3. The van der Waals surface area contributed by atoms with E-state index in [0.717, 1.165) is 44.0 Å². The monoisotopic (exact) mass is 431 g/mol. The van der Waals surface area contributed by atoms with Crippen LogP contribution in [0.5, 0.6) is 0 Å². The van der Waals surface area contributed by atoms with Gasteiger partial charge in [0.2, 0.25) is 0 Å². The molecule has 1 fully saturated rings. The van der Waals surface area contributed by atoms with Gasteiger partial charge in [-0.15, -0.1) is 11.8 Å². The first-order valence-corrected chi connectivity index (χ1v) is 11.8. The summed E-state index contributed by atoms with van der Waals surface area (Å²) in [4.78, 5) is 18.5. The van der Waals surface area contributed by atoms with Gasteiger partial charge in [0, 0.05) is 61.2 Å². The molecule has 0 saturated carbocycles. The summed E-state index contributed by atoms with van der Waals surface area (Å²) in [6, 6.07) is 28.9. The fourth-order valence-corrected chi connectivity index (χ4v) is 4.56. The van der Waals surface area contributed by atoms with Crippen LogP contribution in [-0.2, 0) is 6.54 Å². The van der Waals surface area contributed by atoms with Crippen LogP contribution in [-0.4, -0.2) is 49.3 Å². The highest BCUT2D eigenvalue weighted by Crippen LogP contribution is 2.18. The molecule has 3 aromatic carbocycles. The number of carbonyl (C=O) groups excluding carboxylic acids is 1. The average molecular weight is 432 g/mol. The molecule has 0 spiro atoms. The van der Waals surface area contributed by atoms with Crippen LogP contribution in [0.15, 0.2) is 89.8 Å². The van der Waals surface area contributed by atoms with Crippen molar-refractivity contribution in [2.24, 2.45) is 0 Å². The lowest BCUT2D eigenvalue weighted by molar-refractivity contribution is 0.0956. The highest BCUT2D eigenvalue weighted by Gasteiger charge is 2.17. The Bertz CT molecular complexity index is 939. The van der Waals surface area contributed by atoms with E-state index in [9.17, 15) is 4.79 Å². The van der Waals surface area contributed by atoms with E-state index in [0.29, 0.717) is 6.54 Å². The van der Waals surface area contributed by atoms with Crippen molar-refractivity contribution >= 4 is 23.4 Å². The molecule has 31 heavy (non-hydrogen) atoms. The number of nitrogens with zero attached hydrogens (tertiary/aromatic N) is 2. The molecule has 1 heterocycles. The van der Waals surface area contributed by atoms with Crippen LogP contribution >= 0.6 is 11.8 Å². The van der Waals surface area contributed by atoms with Gasteiger partial charge in [-0.25, -0.2) is 0 Å². The van der Waals surface area contributed by atoms with E-state index >= 15 is 0 Å². The molecular formula is C26H29N3OS. The van der Waals surface area contributed by atoms with Crippen molar-refractivity contribution in [3.05, 3.63) is 96.1 Å². The zero-order chi connectivity index (χ0) is 21.3. The van der Waals surface area contributed by atoms with E-state index in [1.54, 1.807) is 11.8 Å². The van der Waals surface area contributed by atoms with Crippen LogP contribution < -0.4 is 10.2 Å². The van der Waals surface area contributed by atoms with Gasteiger partial charge in [0.05, 0.1) is 0 Å². The summed E-state index contributed by atoms with van der Waals surface area (Å²) in [7, 11) is 0. The van der Waals surface area contributed by atoms with E-state index in [4.69, 9.17) is 0 Å². The van der Waals surface area contributed by atoms with Crippen molar-refractivity contribution in [3.8, 4) is 0 Å². The molecule has 3 aromatic rings. The lowest BCUT2D eigenvalue weighted by Crippen LogP contribution is -2.45. The van der Waals surface area contributed by atoms with Crippen LogP contribution in [0.2, 0.25) is 0 Å². The smallest absolute Gasteiger partial charge is 0.251 e. The largest absolute Gasteiger partial charge is 0.369 e. The topological polar surface area (TPSA) is 35.6 Å². The summed E-state index contributed by atoms with van der Waals surface area (Å²) >= 11 is 1.75. The van der Waals surface area contributed by atoms with Crippen molar-refractivity contribution in [1.29, 1.82) is 0 Å². The Morgan fingerprint density at radius 1 is 0.806 bits per heavy atom.